The van der Waals surface area contributed by atoms with Crippen LogP contribution in [-0.2, 0) is 6.42 Å². The molecule has 0 atom stereocenters. The lowest BCUT2D eigenvalue weighted by molar-refractivity contribution is 0.317. The highest BCUT2D eigenvalue weighted by Gasteiger charge is 2.13. The first-order chi connectivity index (χ1) is 8.13. The zero-order valence-corrected chi connectivity index (χ0v) is 9.96. The fourth-order valence-corrected chi connectivity index (χ4v) is 1.99. The number of rotatable bonds is 3. The molecule has 0 aliphatic rings. The van der Waals surface area contributed by atoms with Gasteiger partial charge in [0.25, 0.3) is 0 Å². The van der Waals surface area contributed by atoms with Crippen molar-refractivity contribution in [2.45, 2.75) is 26.3 Å². The Hall–Kier alpha value is -2.04. The largest absolute Gasteiger partial charge is 0.409 e. The van der Waals surface area contributed by atoms with Crippen LogP contribution in [-0.4, -0.2) is 20.6 Å². The number of para-hydroxylation sites is 2. The first-order valence-electron chi connectivity index (χ1n) is 5.55. The quantitative estimate of drug-likeness (QED) is 0.367. The average Bonchev–Trinajstić information content (AvgIpc) is 2.66. The summed E-state index contributed by atoms with van der Waals surface area (Å²) in [5, 5.41) is 11.6. The maximum Gasteiger partial charge on any atom is 0.146 e. The van der Waals surface area contributed by atoms with Crippen LogP contribution >= 0.6 is 0 Å². The molecule has 5 nitrogen and oxygen atoms in total. The Bertz CT molecular complexity index is 557. The summed E-state index contributed by atoms with van der Waals surface area (Å²) in [7, 11) is 0. The molecule has 90 valence electrons. The minimum atomic E-state index is 0.169. The number of oxime groups is 1. The summed E-state index contributed by atoms with van der Waals surface area (Å²) in [5.41, 5.74) is 7.55. The van der Waals surface area contributed by atoms with Gasteiger partial charge in [0.05, 0.1) is 17.5 Å². The normalized spacial score (nSPS) is 12.5. The molecule has 0 saturated carbocycles. The van der Waals surface area contributed by atoms with Crippen LogP contribution < -0.4 is 5.73 Å². The number of hydrogen-bond acceptors (Lipinski definition) is 3. The predicted molar refractivity (Wildman–Crippen MR) is 67.2 cm³/mol. The third-order valence-corrected chi connectivity index (χ3v) is 2.65. The molecule has 0 aliphatic carbocycles. The molecule has 1 aromatic carbocycles. The number of nitrogens with zero attached hydrogens (tertiary/aromatic N) is 3. The van der Waals surface area contributed by atoms with Gasteiger partial charge >= 0.3 is 0 Å². The number of hydrogen-bond donors (Lipinski definition) is 2. The lowest BCUT2D eigenvalue weighted by Crippen LogP contribution is -2.18. The third kappa shape index (κ3) is 2.08. The number of nitrogens with two attached hydrogens (primary N) is 1. The van der Waals surface area contributed by atoms with E-state index in [4.69, 9.17) is 10.9 Å². The van der Waals surface area contributed by atoms with Crippen LogP contribution in [0.5, 0.6) is 0 Å². The highest BCUT2D eigenvalue weighted by atomic mass is 16.4. The smallest absolute Gasteiger partial charge is 0.146 e. The number of aromatic nitrogens is 2. The van der Waals surface area contributed by atoms with E-state index in [0.717, 1.165) is 16.9 Å². The molecule has 0 spiro atoms. The zero-order chi connectivity index (χ0) is 12.4. The predicted octanol–water partition coefficient (Wildman–Crippen LogP) is 1.91. The Morgan fingerprint density at radius 2 is 2.18 bits per heavy atom. The van der Waals surface area contributed by atoms with Crippen LogP contribution in [0.15, 0.2) is 29.4 Å². The highest BCUT2D eigenvalue weighted by Crippen LogP contribution is 2.21. The van der Waals surface area contributed by atoms with Gasteiger partial charge in [-0.3, -0.25) is 0 Å². The van der Waals surface area contributed by atoms with Crippen LogP contribution in [0, 0.1) is 0 Å². The van der Waals surface area contributed by atoms with E-state index in [1.54, 1.807) is 0 Å². The maximum absolute atomic E-state index is 8.63. The molecule has 17 heavy (non-hydrogen) atoms. The number of fused-ring (bicyclic) bond motifs is 1. The van der Waals surface area contributed by atoms with Gasteiger partial charge in [-0.25, -0.2) is 4.98 Å². The fraction of sp³-hybridized carbons (Fsp3) is 0.333. The Kier molecular flexibility index (Phi) is 2.99. The minimum Gasteiger partial charge on any atom is -0.409 e. The molecule has 0 bridgehead atoms. The second-order valence-corrected chi connectivity index (χ2v) is 4.25. The van der Waals surface area contributed by atoms with Gasteiger partial charge < -0.3 is 15.5 Å². The van der Waals surface area contributed by atoms with Gasteiger partial charge in [0.15, 0.2) is 0 Å². The molecule has 0 amide bonds. The SMILES string of the molecule is CC(C)n1c(CC(N)=NO)nc2ccccc21. The van der Waals surface area contributed by atoms with Crippen molar-refractivity contribution in [2.75, 3.05) is 0 Å². The topological polar surface area (TPSA) is 76.4 Å². The minimum absolute atomic E-state index is 0.169. The number of benzene rings is 1. The van der Waals surface area contributed by atoms with Crippen molar-refractivity contribution < 1.29 is 5.21 Å². The first kappa shape index (κ1) is 11.4. The average molecular weight is 232 g/mol. The van der Waals surface area contributed by atoms with Gasteiger partial charge in [0.1, 0.15) is 11.7 Å². The van der Waals surface area contributed by atoms with E-state index in [-0.39, 0.29) is 11.9 Å². The second kappa shape index (κ2) is 4.45. The Labute approximate surface area is 99.6 Å². The van der Waals surface area contributed by atoms with Gasteiger partial charge in [-0.1, -0.05) is 17.3 Å². The lowest BCUT2D eigenvalue weighted by atomic mass is 10.3. The van der Waals surface area contributed by atoms with E-state index >= 15 is 0 Å². The Morgan fingerprint density at radius 3 is 2.82 bits per heavy atom. The molecule has 0 unspecified atom stereocenters. The molecule has 1 aromatic heterocycles. The summed E-state index contributed by atoms with van der Waals surface area (Å²) in [6, 6.07) is 8.20. The first-order valence-corrected chi connectivity index (χ1v) is 5.55. The van der Waals surface area contributed by atoms with Crippen LogP contribution in [0.3, 0.4) is 0 Å². The molecule has 1 heterocycles. The van der Waals surface area contributed by atoms with Crippen molar-refractivity contribution in [3.63, 3.8) is 0 Å². The summed E-state index contributed by atoms with van der Waals surface area (Å²) in [6.45, 7) is 4.17. The van der Waals surface area contributed by atoms with Crippen molar-refractivity contribution in [2.24, 2.45) is 10.9 Å². The maximum atomic E-state index is 8.63. The van der Waals surface area contributed by atoms with Crippen LogP contribution in [0.4, 0.5) is 0 Å². The standard InChI is InChI=1S/C12H16N4O/c1-8(2)16-10-6-4-3-5-9(10)14-12(16)7-11(13)15-17/h3-6,8,17H,7H2,1-2H3,(H2,13,15). The van der Waals surface area contributed by atoms with E-state index < -0.39 is 0 Å². The van der Waals surface area contributed by atoms with E-state index in [9.17, 15) is 0 Å². The molecule has 2 aromatic rings. The molecule has 0 aliphatic heterocycles. The summed E-state index contributed by atoms with van der Waals surface area (Å²) >= 11 is 0. The highest BCUT2D eigenvalue weighted by molar-refractivity contribution is 5.83. The lowest BCUT2D eigenvalue weighted by Gasteiger charge is -2.12. The summed E-state index contributed by atoms with van der Waals surface area (Å²) < 4.78 is 2.10. The van der Waals surface area contributed by atoms with Crippen molar-refractivity contribution in [1.29, 1.82) is 0 Å². The molecular formula is C12H16N4O. The van der Waals surface area contributed by atoms with Crippen LogP contribution in [0.2, 0.25) is 0 Å². The van der Waals surface area contributed by atoms with Gasteiger partial charge in [0, 0.05) is 6.04 Å². The summed E-state index contributed by atoms with van der Waals surface area (Å²) in [4.78, 5) is 4.51. The molecular weight excluding hydrogens is 216 g/mol. The van der Waals surface area contributed by atoms with Crippen molar-refractivity contribution in [3.05, 3.63) is 30.1 Å². The Balaban J connectivity index is 2.57. The number of amidine groups is 1. The van der Waals surface area contributed by atoms with Gasteiger partial charge in [-0.05, 0) is 26.0 Å². The molecule has 0 saturated heterocycles. The zero-order valence-electron chi connectivity index (χ0n) is 9.96. The monoisotopic (exact) mass is 232 g/mol. The van der Waals surface area contributed by atoms with Gasteiger partial charge in [-0.2, -0.15) is 0 Å². The van der Waals surface area contributed by atoms with Crippen molar-refractivity contribution in [1.82, 2.24) is 9.55 Å². The second-order valence-electron chi connectivity index (χ2n) is 4.25. The van der Waals surface area contributed by atoms with Crippen LogP contribution in [0.1, 0.15) is 25.7 Å². The summed E-state index contributed by atoms with van der Waals surface area (Å²) in [6.07, 6.45) is 0.351. The van der Waals surface area contributed by atoms with Gasteiger partial charge in [0.2, 0.25) is 0 Å². The van der Waals surface area contributed by atoms with Crippen LogP contribution in [0.25, 0.3) is 11.0 Å². The van der Waals surface area contributed by atoms with Crippen molar-refractivity contribution >= 4 is 16.9 Å². The summed E-state index contributed by atoms with van der Waals surface area (Å²) in [5.74, 6) is 0.985. The van der Waals surface area contributed by atoms with E-state index in [1.165, 1.54) is 0 Å². The van der Waals surface area contributed by atoms with E-state index in [2.05, 4.69) is 28.6 Å². The third-order valence-electron chi connectivity index (χ3n) is 2.65. The Morgan fingerprint density at radius 1 is 1.47 bits per heavy atom. The van der Waals surface area contributed by atoms with E-state index in [0.29, 0.717) is 6.42 Å². The van der Waals surface area contributed by atoms with E-state index in [1.807, 2.05) is 24.3 Å². The molecule has 0 fully saturated rings. The molecule has 2 rings (SSSR count). The van der Waals surface area contributed by atoms with Crippen molar-refractivity contribution in [3.8, 4) is 0 Å². The fourth-order valence-electron chi connectivity index (χ4n) is 1.99. The molecule has 3 N–H and O–H groups in total. The van der Waals surface area contributed by atoms with Gasteiger partial charge in [-0.15, -0.1) is 0 Å². The number of imidazole rings is 1. The molecule has 0 radical (unpaired) electrons. The molecule has 5 heteroatoms.